The Kier molecular flexibility index (Phi) is 3.41. The van der Waals surface area contributed by atoms with Gasteiger partial charge in [0.05, 0.1) is 0 Å². The highest BCUT2D eigenvalue weighted by molar-refractivity contribution is 5.82. The largest absolute Gasteiger partial charge is 0.480 e. The SMILES string of the molecule is CC1CCC(Nc2n[nH]c(=O)[nH]c2=O)(C(=O)O)CC1. The Labute approximate surface area is 108 Å². The summed E-state index contributed by atoms with van der Waals surface area (Å²) in [6.07, 6.45) is 2.37. The molecule has 0 aliphatic heterocycles. The minimum atomic E-state index is -1.19. The second kappa shape index (κ2) is 4.87. The van der Waals surface area contributed by atoms with E-state index < -0.39 is 22.8 Å². The number of aliphatic carboxylic acids is 1. The molecule has 1 heterocycles. The zero-order valence-corrected chi connectivity index (χ0v) is 10.5. The normalized spacial score (nSPS) is 26.9. The van der Waals surface area contributed by atoms with Crippen LogP contribution in [0.1, 0.15) is 32.6 Å². The van der Waals surface area contributed by atoms with Crippen molar-refractivity contribution in [2.75, 3.05) is 5.32 Å². The Balaban J connectivity index is 2.29. The summed E-state index contributed by atoms with van der Waals surface area (Å²) in [6, 6.07) is 0. The van der Waals surface area contributed by atoms with Crippen LogP contribution < -0.4 is 16.6 Å². The maximum Gasteiger partial charge on any atom is 0.342 e. The average Bonchev–Trinajstić information content (AvgIpc) is 2.35. The van der Waals surface area contributed by atoms with E-state index in [1.54, 1.807) is 0 Å². The first-order valence-corrected chi connectivity index (χ1v) is 6.13. The molecular weight excluding hydrogens is 252 g/mol. The minimum Gasteiger partial charge on any atom is -0.480 e. The van der Waals surface area contributed by atoms with Crippen molar-refractivity contribution in [1.82, 2.24) is 15.2 Å². The predicted molar refractivity (Wildman–Crippen MR) is 67.1 cm³/mol. The first kappa shape index (κ1) is 13.3. The second-order valence-corrected chi connectivity index (χ2v) is 5.05. The van der Waals surface area contributed by atoms with Crippen molar-refractivity contribution < 1.29 is 9.90 Å². The first-order valence-electron chi connectivity index (χ1n) is 6.13. The summed E-state index contributed by atoms with van der Waals surface area (Å²) in [5, 5.41) is 17.7. The van der Waals surface area contributed by atoms with Crippen molar-refractivity contribution in [3.8, 4) is 0 Å². The number of aromatic nitrogens is 3. The van der Waals surface area contributed by atoms with E-state index in [4.69, 9.17) is 0 Å². The molecule has 0 amide bonds. The summed E-state index contributed by atoms with van der Waals surface area (Å²) < 4.78 is 0. The molecule has 0 aromatic carbocycles. The van der Waals surface area contributed by atoms with Gasteiger partial charge in [-0.05, 0) is 31.6 Å². The zero-order chi connectivity index (χ0) is 14.0. The third kappa shape index (κ3) is 2.67. The Morgan fingerprint density at radius 2 is 2.05 bits per heavy atom. The van der Waals surface area contributed by atoms with Gasteiger partial charge in [0, 0.05) is 0 Å². The molecule has 1 aliphatic rings. The number of rotatable bonds is 3. The van der Waals surface area contributed by atoms with Gasteiger partial charge in [-0.25, -0.2) is 14.7 Å². The molecule has 8 heteroatoms. The molecular formula is C11H16N4O4. The molecule has 19 heavy (non-hydrogen) atoms. The molecule has 0 spiro atoms. The molecule has 8 nitrogen and oxygen atoms in total. The summed E-state index contributed by atoms with van der Waals surface area (Å²) in [5.41, 5.74) is -2.63. The van der Waals surface area contributed by atoms with E-state index in [2.05, 4.69) is 22.4 Å². The number of carboxylic acids is 1. The Hall–Kier alpha value is -2.12. The highest BCUT2D eigenvalue weighted by atomic mass is 16.4. The number of carboxylic acid groups (broad SMARTS) is 1. The monoisotopic (exact) mass is 268 g/mol. The van der Waals surface area contributed by atoms with Gasteiger partial charge in [-0.2, -0.15) is 0 Å². The molecule has 0 saturated heterocycles. The molecule has 0 atom stereocenters. The third-order valence-corrected chi connectivity index (χ3v) is 3.61. The van der Waals surface area contributed by atoms with Crippen molar-refractivity contribution in [1.29, 1.82) is 0 Å². The highest BCUT2D eigenvalue weighted by Crippen LogP contribution is 2.33. The molecule has 2 rings (SSSR count). The lowest BCUT2D eigenvalue weighted by atomic mass is 9.77. The van der Waals surface area contributed by atoms with E-state index in [1.807, 2.05) is 4.98 Å². The molecule has 1 aromatic rings. The lowest BCUT2D eigenvalue weighted by Gasteiger charge is -2.36. The van der Waals surface area contributed by atoms with Crippen molar-refractivity contribution in [2.45, 2.75) is 38.1 Å². The van der Waals surface area contributed by atoms with Crippen LogP contribution in [0.15, 0.2) is 9.59 Å². The molecule has 1 saturated carbocycles. The number of H-pyrrole nitrogens is 2. The molecule has 1 aliphatic carbocycles. The Morgan fingerprint density at radius 3 is 2.58 bits per heavy atom. The molecule has 1 fully saturated rings. The quantitative estimate of drug-likeness (QED) is 0.606. The van der Waals surface area contributed by atoms with Gasteiger partial charge in [0.2, 0.25) is 5.82 Å². The van der Waals surface area contributed by atoms with Crippen LogP contribution in [0.5, 0.6) is 0 Å². The van der Waals surface area contributed by atoms with Crippen molar-refractivity contribution in [3.63, 3.8) is 0 Å². The van der Waals surface area contributed by atoms with Gasteiger partial charge in [-0.1, -0.05) is 6.92 Å². The van der Waals surface area contributed by atoms with Crippen LogP contribution in [0.25, 0.3) is 0 Å². The third-order valence-electron chi connectivity index (χ3n) is 3.61. The molecule has 1 aromatic heterocycles. The van der Waals surface area contributed by atoms with Gasteiger partial charge in [-0.3, -0.25) is 9.78 Å². The summed E-state index contributed by atoms with van der Waals surface area (Å²) in [7, 11) is 0. The van der Waals surface area contributed by atoms with E-state index in [-0.39, 0.29) is 5.82 Å². The van der Waals surface area contributed by atoms with Crippen LogP contribution in [-0.2, 0) is 4.79 Å². The summed E-state index contributed by atoms with van der Waals surface area (Å²) in [4.78, 5) is 35.9. The van der Waals surface area contributed by atoms with Crippen molar-refractivity contribution in [2.24, 2.45) is 5.92 Å². The molecule has 0 unspecified atom stereocenters. The maximum absolute atomic E-state index is 11.5. The standard InChI is InChI=1S/C11H16N4O4/c1-6-2-4-11(5-3-6,9(17)18)13-7-8(16)12-10(19)15-14-7/h6H,2-5H2,1H3,(H,13,14)(H,17,18)(H2,12,15,16,19). The van der Waals surface area contributed by atoms with Crippen LogP contribution in [0.4, 0.5) is 5.82 Å². The summed E-state index contributed by atoms with van der Waals surface area (Å²) >= 11 is 0. The minimum absolute atomic E-state index is 0.170. The Bertz CT molecular complexity index is 583. The van der Waals surface area contributed by atoms with E-state index in [0.717, 1.165) is 12.8 Å². The number of hydrogen-bond donors (Lipinski definition) is 4. The fraction of sp³-hybridized carbons (Fsp3) is 0.636. The summed E-state index contributed by atoms with van der Waals surface area (Å²) in [6.45, 7) is 2.07. The lowest BCUT2D eigenvalue weighted by Crippen LogP contribution is -2.50. The van der Waals surface area contributed by atoms with Gasteiger partial charge < -0.3 is 10.4 Å². The summed E-state index contributed by atoms with van der Waals surface area (Å²) in [5.74, 6) is -0.709. The molecule has 0 radical (unpaired) electrons. The van der Waals surface area contributed by atoms with Gasteiger partial charge in [0.15, 0.2) is 0 Å². The van der Waals surface area contributed by atoms with E-state index in [9.17, 15) is 19.5 Å². The fourth-order valence-electron chi connectivity index (χ4n) is 2.31. The van der Waals surface area contributed by atoms with Crippen LogP contribution in [0.2, 0.25) is 0 Å². The van der Waals surface area contributed by atoms with Gasteiger partial charge in [0.25, 0.3) is 5.56 Å². The fourth-order valence-corrected chi connectivity index (χ4v) is 2.31. The average molecular weight is 268 g/mol. The van der Waals surface area contributed by atoms with Gasteiger partial charge >= 0.3 is 11.7 Å². The van der Waals surface area contributed by atoms with Crippen molar-refractivity contribution in [3.05, 3.63) is 20.8 Å². The van der Waals surface area contributed by atoms with Gasteiger partial charge in [-0.15, -0.1) is 5.10 Å². The zero-order valence-electron chi connectivity index (χ0n) is 10.5. The molecule has 4 N–H and O–H groups in total. The molecule has 0 bridgehead atoms. The maximum atomic E-state index is 11.5. The van der Waals surface area contributed by atoms with E-state index in [1.165, 1.54) is 0 Å². The van der Waals surface area contributed by atoms with Crippen LogP contribution in [0, 0.1) is 5.92 Å². The smallest absolute Gasteiger partial charge is 0.342 e. The highest BCUT2D eigenvalue weighted by Gasteiger charge is 2.42. The van der Waals surface area contributed by atoms with Crippen LogP contribution >= 0.6 is 0 Å². The number of nitrogens with one attached hydrogen (secondary N) is 3. The molecule has 104 valence electrons. The number of carbonyl (C=O) groups is 1. The van der Waals surface area contributed by atoms with Crippen LogP contribution in [-0.4, -0.2) is 31.8 Å². The van der Waals surface area contributed by atoms with E-state index in [0.29, 0.717) is 18.8 Å². The lowest BCUT2D eigenvalue weighted by molar-refractivity contribution is -0.143. The van der Waals surface area contributed by atoms with E-state index >= 15 is 0 Å². The number of aromatic amines is 2. The number of hydrogen-bond acceptors (Lipinski definition) is 5. The van der Waals surface area contributed by atoms with Crippen LogP contribution in [0.3, 0.4) is 0 Å². The van der Waals surface area contributed by atoms with Crippen molar-refractivity contribution >= 4 is 11.8 Å². The Morgan fingerprint density at radius 1 is 1.42 bits per heavy atom. The second-order valence-electron chi connectivity index (χ2n) is 5.05. The number of nitrogens with zero attached hydrogens (tertiary/aromatic N) is 1. The van der Waals surface area contributed by atoms with Gasteiger partial charge in [0.1, 0.15) is 5.54 Å². The topological polar surface area (TPSA) is 128 Å². The number of anilines is 1. The first-order chi connectivity index (χ1) is 8.93. The predicted octanol–water partition coefficient (Wildman–Crippen LogP) is -0.0964.